The van der Waals surface area contributed by atoms with Gasteiger partial charge in [0.1, 0.15) is 5.82 Å². The van der Waals surface area contributed by atoms with Gasteiger partial charge in [0.15, 0.2) is 5.75 Å². The van der Waals surface area contributed by atoms with Crippen LogP contribution in [0.15, 0.2) is 36.4 Å². The van der Waals surface area contributed by atoms with Crippen LogP contribution in [-0.2, 0) is 0 Å². The van der Waals surface area contributed by atoms with Crippen LogP contribution in [0, 0.1) is 5.82 Å². The number of halogens is 2. The molecule has 0 atom stereocenters. The van der Waals surface area contributed by atoms with Crippen molar-refractivity contribution in [1.82, 2.24) is 0 Å². The normalized spacial score (nSPS) is 10.2. The number of carboxylic acids is 1. The van der Waals surface area contributed by atoms with Gasteiger partial charge in [0.05, 0.1) is 28.4 Å². The molecule has 0 unspecified atom stereocenters. The molecule has 7 heteroatoms. The van der Waals surface area contributed by atoms with Crippen molar-refractivity contribution < 1.29 is 23.8 Å². The minimum atomic E-state index is -1.27. The maximum absolute atomic E-state index is 13.9. The Bertz CT molecular complexity index is 764. The summed E-state index contributed by atoms with van der Waals surface area (Å²) in [4.78, 5) is 23.0. The van der Waals surface area contributed by atoms with Crippen molar-refractivity contribution in [2.45, 2.75) is 6.92 Å². The molecule has 0 spiro atoms. The summed E-state index contributed by atoms with van der Waals surface area (Å²) in [6, 6.07) is 7.84. The summed E-state index contributed by atoms with van der Waals surface area (Å²) in [5, 5.41) is 11.6. The second-order valence-electron chi connectivity index (χ2n) is 4.50. The van der Waals surface area contributed by atoms with E-state index in [9.17, 15) is 14.0 Å². The highest BCUT2D eigenvalue weighted by Crippen LogP contribution is 2.33. The molecule has 0 aliphatic rings. The van der Waals surface area contributed by atoms with Gasteiger partial charge in [-0.25, -0.2) is 9.18 Å². The number of amides is 1. The molecule has 5 nitrogen and oxygen atoms in total. The molecule has 0 bridgehead atoms. The molecule has 0 heterocycles. The summed E-state index contributed by atoms with van der Waals surface area (Å²) >= 11 is 6.01. The van der Waals surface area contributed by atoms with Crippen LogP contribution in [0.25, 0.3) is 0 Å². The fourth-order valence-electron chi connectivity index (χ4n) is 1.92. The molecule has 0 aromatic heterocycles. The highest BCUT2D eigenvalue weighted by atomic mass is 35.5. The van der Waals surface area contributed by atoms with Gasteiger partial charge in [-0.05, 0) is 37.3 Å². The number of ether oxygens (including phenoxy) is 1. The predicted octanol–water partition coefficient (Wildman–Crippen LogP) is 3.83. The largest absolute Gasteiger partial charge is 0.490 e. The van der Waals surface area contributed by atoms with Gasteiger partial charge in [0.25, 0.3) is 5.91 Å². The van der Waals surface area contributed by atoms with Crippen LogP contribution in [0.2, 0.25) is 5.02 Å². The van der Waals surface area contributed by atoms with Gasteiger partial charge in [-0.1, -0.05) is 17.7 Å². The Hall–Kier alpha value is -2.60. The molecular weight excluding hydrogens is 325 g/mol. The first-order chi connectivity index (χ1) is 10.9. The highest BCUT2D eigenvalue weighted by molar-refractivity contribution is 6.32. The molecule has 2 aromatic rings. The van der Waals surface area contributed by atoms with Gasteiger partial charge in [-0.2, -0.15) is 0 Å². The van der Waals surface area contributed by atoms with Crippen LogP contribution >= 0.6 is 11.6 Å². The van der Waals surface area contributed by atoms with E-state index in [2.05, 4.69) is 5.32 Å². The zero-order chi connectivity index (χ0) is 17.0. The molecule has 0 radical (unpaired) electrons. The van der Waals surface area contributed by atoms with Crippen molar-refractivity contribution in [2.24, 2.45) is 0 Å². The molecule has 23 heavy (non-hydrogen) atoms. The van der Waals surface area contributed by atoms with Gasteiger partial charge in [0.2, 0.25) is 0 Å². The number of hydrogen-bond acceptors (Lipinski definition) is 3. The summed E-state index contributed by atoms with van der Waals surface area (Å²) in [5.74, 6) is -2.65. The molecule has 1 amide bonds. The van der Waals surface area contributed by atoms with Crippen LogP contribution in [0.4, 0.5) is 10.1 Å². The number of anilines is 1. The van der Waals surface area contributed by atoms with Crippen molar-refractivity contribution in [1.29, 1.82) is 0 Å². The van der Waals surface area contributed by atoms with Crippen LogP contribution < -0.4 is 10.1 Å². The van der Waals surface area contributed by atoms with E-state index in [0.29, 0.717) is 17.3 Å². The standard InChI is InChI=1S/C16H13ClFNO4/c1-2-23-14-11(17)4-3-5-13(14)19-15(20)10-7-6-9(16(21)22)8-12(10)18/h3-8H,2H2,1H3,(H,19,20)(H,21,22). The number of nitrogens with one attached hydrogen (secondary N) is 1. The third kappa shape index (κ3) is 3.78. The molecular formula is C16H13ClFNO4. The lowest BCUT2D eigenvalue weighted by atomic mass is 10.1. The zero-order valence-electron chi connectivity index (χ0n) is 12.1. The third-order valence-electron chi connectivity index (χ3n) is 2.96. The van der Waals surface area contributed by atoms with E-state index in [1.54, 1.807) is 25.1 Å². The topological polar surface area (TPSA) is 75.6 Å². The average molecular weight is 338 g/mol. The molecule has 2 aromatic carbocycles. The second kappa shape index (κ2) is 7.11. The maximum atomic E-state index is 13.9. The molecule has 0 fully saturated rings. The van der Waals surface area contributed by atoms with Gasteiger partial charge < -0.3 is 15.2 Å². The smallest absolute Gasteiger partial charge is 0.335 e. The second-order valence-corrected chi connectivity index (χ2v) is 4.91. The first-order valence-electron chi connectivity index (χ1n) is 6.69. The lowest BCUT2D eigenvalue weighted by Crippen LogP contribution is -2.15. The van der Waals surface area contributed by atoms with Crippen molar-refractivity contribution in [2.75, 3.05) is 11.9 Å². The van der Waals surface area contributed by atoms with Crippen molar-refractivity contribution >= 4 is 29.2 Å². The Morgan fingerprint density at radius 3 is 2.65 bits per heavy atom. The van der Waals surface area contributed by atoms with E-state index < -0.39 is 17.7 Å². The Morgan fingerprint density at radius 1 is 1.30 bits per heavy atom. The number of rotatable bonds is 5. The molecule has 0 aliphatic heterocycles. The Balaban J connectivity index is 2.30. The Kier molecular flexibility index (Phi) is 5.18. The van der Waals surface area contributed by atoms with Crippen molar-refractivity contribution in [3.8, 4) is 5.75 Å². The molecule has 2 rings (SSSR count). The molecule has 2 N–H and O–H groups in total. The summed E-state index contributed by atoms with van der Waals surface area (Å²) in [6.07, 6.45) is 0. The van der Waals surface area contributed by atoms with Crippen molar-refractivity contribution in [3.63, 3.8) is 0 Å². The van der Waals surface area contributed by atoms with Crippen LogP contribution in [-0.4, -0.2) is 23.6 Å². The summed E-state index contributed by atoms with van der Waals surface area (Å²) in [6.45, 7) is 2.10. The van der Waals surface area contributed by atoms with Gasteiger partial charge >= 0.3 is 5.97 Å². The van der Waals surface area contributed by atoms with Gasteiger partial charge in [0, 0.05) is 0 Å². The number of aromatic carboxylic acids is 1. The summed E-state index contributed by atoms with van der Waals surface area (Å²) in [5.41, 5.74) is -0.222. The quantitative estimate of drug-likeness (QED) is 0.869. The van der Waals surface area contributed by atoms with E-state index in [1.165, 1.54) is 0 Å². The maximum Gasteiger partial charge on any atom is 0.335 e. The highest BCUT2D eigenvalue weighted by Gasteiger charge is 2.17. The average Bonchev–Trinajstić information content (AvgIpc) is 2.50. The Morgan fingerprint density at radius 2 is 2.04 bits per heavy atom. The van der Waals surface area contributed by atoms with E-state index in [4.69, 9.17) is 21.4 Å². The molecule has 0 aliphatic carbocycles. The predicted molar refractivity (Wildman–Crippen MR) is 83.9 cm³/mol. The summed E-state index contributed by atoms with van der Waals surface area (Å²) < 4.78 is 19.3. The van der Waals surface area contributed by atoms with Crippen molar-refractivity contribution in [3.05, 3.63) is 58.4 Å². The minimum Gasteiger partial charge on any atom is -0.490 e. The monoisotopic (exact) mass is 337 g/mol. The summed E-state index contributed by atoms with van der Waals surface area (Å²) in [7, 11) is 0. The number of carbonyl (C=O) groups is 2. The van der Waals surface area contributed by atoms with E-state index in [0.717, 1.165) is 18.2 Å². The number of para-hydroxylation sites is 1. The van der Waals surface area contributed by atoms with E-state index >= 15 is 0 Å². The van der Waals surface area contributed by atoms with Crippen LogP contribution in [0.3, 0.4) is 0 Å². The number of carbonyl (C=O) groups excluding carboxylic acids is 1. The van der Waals surface area contributed by atoms with Gasteiger partial charge in [-0.3, -0.25) is 4.79 Å². The lowest BCUT2D eigenvalue weighted by Gasteiger charge is -2.13. The first kappa shape index (κ1) is 16.8. The number of carboxylic acid groups (broad SMARTS) is 1. The Labute approximate surface area is 136 Å². The SMILES string of the molecule is CCOc1c(Cl)cccc1NC(=O)c1ccc(C(=O)O)cc1F. The van der Waals surface area contributed by atoms with Gasteiger partial charge in [-0.15, -0.1) is 0 Å². The first-order valence-corrected chi connectivity index (χ1v) is 7.07. The van der Waals surface area contributed by atoms with E-state index in [1.807, 2.05) is 0 Å². The van der Waals surface area contributed by atoms with Crippen LogP contribution in [0.5, 0.6) is 5.75 Å². The van der Waals surface area contributed by atoms with E-state index in [-0.39, 0.29) is 16.9 Å². The molecule has 0 saturated carbocycles. The molecule has 0 saturated heterocycles. The number of benzene rings is 2. The fraction of sp³-hybridized carbons (Fsp3) is 0.125. The lowest BCUT2D eigenvalue weighted by molar-refractivity contribution is 0.0695. The van der Waals surface area contributed by atoms with Crippen LogP contribution in [0.1, 0.15) is 27.6 Å². The fourth-order valence-corrected chi connectivity index (χ4v) is 2.15. The number of hydrogen-bond donors (Lipinski definition) is 2. The molecule has 120 valence electrons. The zero-order valence-corrected chi connectivity index (χ0v) is 12.9. The minimum absolute atomic E-state index is 0.239. The third-order valence-corrected chi connectivity index (χ3v) is 3.26.